The van der Waals surface area contributed by atoms with Crippen molar-refractivity contribution in [1.29, 1.82) is 0 Å². The summed E-state index contributed by atoms with van der Waals surface area (Å²) in [7, 11) is 0. The molecular formula is C11H19NO4S. The van der Waals surface area contributed by atoms with Crippen LogP contribution in [0.5, 0.6) is 0 Å². The van der Waals surface area contributed by atoms with E-state index in [0.29, 0.717) is 0 Å². The Balaban J connectivity index is 4.25. The third-order valence-corrected chi connectivity index (χ3v) is 1.87. The van der Waals surface area contributed by atoms with Gasteiger partial charge in [0.1, 0.15) is 18.2 Å². The quantitative estimate of drug-likeness (QED) is 0.447. The van der Waals surface area contributed by atoms with Crippen LogP contribution < -0.4 is 5.32 Å². The van der Waals surface area contributed by atoms with Gasteiger partial charge in [-0.3, -0.25) is 0 Å². The van der Waals surface area contributed by atoms with E-state index in [1.54, 1.807) is 20.8 Å². The lowest BCUT2D eigenvalue weighted by Crippen LogP contribution is -2.45. The van der Waals surface area contributed by atoms with Crippen molar-refractivity contribution in [2.45, 2.75) is 32.4 Å². The highest BCUT2D eigenvalue weighted by Gasteiger charge is 2.24. The fourth-order valence-electron chi connectivity index (χ4n) is 0.871. The first kappa shape index (κ1) is 15.8. The molecule has 0 unspecified atom stereocenters. The highest BCUT2D eigenvalue weighted by Crippen LogP contribution is 2.07. The number of nitrogens with one attached hydrogen (secondary N) is 1. The molecule has 17 heavy (non-hydrogen) atoms. The first-order valence-electron chi connectivity index (χ1n) is 5.18. The van der Waals surface area contributed by atoms with Crippen LogP contribution in [0.25, 0.3) is 0 Å². The first-order chi connectivity index (χ1) is 7.80. The van der Waals surface area contributed by atoms with Gasteiger partial charge in [0.2, 0.25) is 0 Å². The number of esters is 1. The summed E-state index contributed by atoms with van der Waals surface area (Å²) in [4.78, 5) is 22.9. The van der Waals surface area contributed by atoms with Crippen molar-refractivity contribution < 1.29 is 19.1 Å². The number of alkyl carbamates (subject to hydrolysis) is 1. The van der Waals surface area contributed by atoms with Crippen LogP contribution in [0.15, 0.2) is 12.7 Å². The smallest absolute Gasteiger partial charge is 0.408 e. The zero-order valence-corrected chi connectivity index (χ0v) is 11.3. The summed E-state index contributed by atoms with van der Waals surface area (Å²) in [6.45, 7) is 8.72. The molecule has 98 valence electrons. The van der Waals surface area contributed by atoms with E-state index >= 15 is 0 Å². The van der Waals surface area contributed by atoms with Gasteiger partial charge in [-0.25, -0.2) is 9.59 Å². The molecule has 0 aliphatic carbocycles. The van der Waals surface area contributed by atoms with Crippen LogP contribution in [-0.4, -0.2) is 36.1 Å². The Bertz CT molecular complexity index is 286. The van der Waals surface area contributed by atoms with Crippen LogP contribution in [0.2, 0.25) is 0 Å². The van der Waals surface area contributed by atoms with Gasteiger partial charge < -0.3 is 14.8 Å². The van der Waals surface area contributed by atoms with E-state index in [1.807, 2.05) is 0 Å². The summed E-state index contributed by atoms with van der Waals surface area (Å²) in [6, 6.07) is -0.826. The second kappa shape index (κ2) is 7.21. The van der Waals surface area contributed by atoms with Crippen molar-refractivity contribution in [2.75, 3.05) is 12.4 Å². The molecule has 1 N–H and O–H groups in total. The molecule has 1 atom stereocenters. The Morgan fingerprint density at radius 2 is 2.06 bits per heavy atom. The van der Waals surface area contributed by atoms with Gasteiger partial charge in [0.25, 0.3) is 0 Å². The second-order valence-electron chi connectivity index (χ2n) is 4.30. The van der Waals surface area contributed by atoms with E-state index in [4.69, 9.17) is 9.47 Å². The van der Waals surface area contributed by atoms with Gasteiger partial charge in [0.15, 0.2) is 0 Å². The molecule has 0 aliphatic heterocycles. The van der Waals surface area contributed by atoms with Crippen LogP contribution in [0.3, 0.4) is 0 Å². The SMILES string of the molecule is C=CCOC(=O)[C@H](CS)NC(=O)OC(C)(C)C. The van der Waals surface area contributed by atoms with Gasteiger partial charge in [-0.15, -0.1) is 0 Å². The molecule has 1 amide bonds. The molecular weight excluding hydrogens is 242 g/mol. The summed E-state index contributed by atoms with van der Waals surface area (Å²) >= 11 is 3.97. The Morgan fingerprint density at radius 1 is 1.47 bits per heavy atom. The minimum absolute atomic E-state index is 0.0963. The van der Waals surface area contributed by atoms with Crippen LogP contribution in [0.1, 0.15) is 20.8 Å². The number of carbonyl (C=O) groups excluding carboxylic acids is 2. The molecule has 6 heteroatoms. The third-order valence-electron chi connectivity index (χ3n) is 1.50. The number of amides is 1. The average Bonchev–Trinajstić information content (AvgIpc) is 2.19. The summed E-state index contributed by atoms with van der Waals surface area (Å²) < 4.78 is 9.81. The number of hydrogen-bond donors (Lipinski definition) is 2. The van der Waals surface area contributed by atoms with E-state index in [2.05, 4.69) is 24.5 Å². The summed E-state index contributed by atoms with van der Waals surface area (Å²) in [5.41, 5.74) is -0.615. The van der Waals surface area contributed by atoms with Crippen LogP contribution in [0, 0.1) is 0 Å². The molecule has 0 fully saturated rings. The van der Waals surface area contributed by atoms with Gasteiger partial charge in [-0.1, -0.05) is 12.7 Å². The molecule has 0 aromatic carbocycles. The van der Waals surface area contributed by atoms with Crippen molar-refractivity contribution in [3.05, 3.63) is 12.7 Å². The minimum atomic E-state index is -0.826. The van der Waals surface area contributed by atoms with Crippen molar-refractivity contribution in [2.24, 2.45) is 0 Å². The number of ether oxygens (including phenoxy) is 2. The predicted octanol–water partition coefficient (Wildman–Crippen LogP) is 1.54. The van der Waals surface area contributed by atoms with Crippen LogP contribution in [0.4, 0.5) is 4.79 Å². The van der Waals surface area contributed by atoms with Crippen molar-refractivity contribution in [3.63, 3.8) is 0 Å². The molecule has 0 saturated carbocycles. The van der Waals surface area contributed by atoms with Gasteiger partial charge in [0.05, 0.1) is 0 Å². The van der Waals surface area contributed by atoms with Crippen molar-refractivity contribution >= 4 is 24.7 Å². The van der Waals surface area contributed by atoms with E-state index < -0.39 is 23.7 Å². The Morgan fingerprint density at radius 3 is 2.47 bits per heavy atom. The normalized spacial score (nSPS) is 12.5. The first-order valence-corrected chi connectivity index (χ1v) is 5.81. The molecule has 0 saturated heterocycles. The topological polar surface area (TPSA) is 64.6 Å². The van der Waals surface area contributed by atoms with Crippen LogP contribution in [-0.2, 0) is 14.3 Å². The molecule has 5 nitrogen and oxygen atoms in total. The van der Waals surface area contributed by atoms with Gasteiger partial charge >= 0.3 is 12.1 Å². The number of thiol groups is 1. The van der Waals surface area contributed by atoms with Gasteiger partial charge in [-0.05, 0) is 20.8 Å². The standard InChI is InChI=1S/C11H19NO4S/c1-5-6-15-9(13)8(7-17)12-10(14)16-11(2,3)4/h5,8,17H,1,6-7H2,2-4H3,(H,12,14)/t8-/m0/s1. The van der Waals surface area contributed by atoms with E-state index in [1.165, 1.54) is 6.08 Å². The monoisotopic (exact) mass is 261 g/mol. The largest absolute Gasteiger partial charge is 0.460 e. The summed E-state index contributed by atoms with van der Waals surface area (Å²) in [5.74, 6) is -0.430. The lowest BCUT2D eigenvalue weighted by atomic mass is 10.2. The molecule has 0 rings (SSSR count). The van der Waals surface area contributed by atoms with Crippen molar-refractivity contribution in [3.8, 4) is 0 Å². The number of carbonyl (C=O) groups is 2. The average molecular weight is 261 g/mol. The third kappa shape index (κ3) is 7.68. The highest BCUT2D eigenvalue weighted by atomic mass is 32.1. The fourth-order valence-corrected chi connectivity index (χ4v) is 1.11. The van der Waals surface area contributed by atoms with Gasteiger partial charge in [-0.2, -0.15) is 12.6 Å². The maximum atomic E-state index is 11.4. The highest BCUT2D eigenvalue weighted by molar-refractivity contribution is 7.80. The van der Waals surface area contributed by atoms with Gasteiger partial charge in [0, 0.05) is 5.75 Å². The summed E-state index contributed by atoms with van der Waals surface area (Å²) in [5, 5.41) is 2.39. The molecule has 0 aliphatic rings. The zero-order chi connectivity index (χ0) is 13.5. The minimum Gasteiger partial charge on any atom is -0.460 e. The van der Waals surface area contributed by atoms with E-state index in [9.17, 15) is 9.59 Å². The summed E-state index contributed by atoms with van der Waals surface area (Å²) in [6.07, 6.45) is 0.771. The lowest BCUT2D eigenvalue weighted by molar-refractivity contribution is -0.144. The number of rotatable bonds is 5. The molecule has 0 spiro atoms. The Kier molecular flexibility index (Phi) is 6.72. The molecule has 0 aromatic heterocycles. The molecule has 0 radical (unpaired) electrons. The Labute approximate surface area is 107 Å². The van der Waals surface area contributed by atoms with Crippen LogP contribution >= 0.6 is 12.6 Å². The molecule has 0 aromatic rings. The molecule has 0 bridgehead atoms. The predicted molar refractivity (Wildman–Crippen MR) is 68.2 cm³/mol. The Hall–Kier alpha value is -1.17. The fraction of sp³-hybridized carbons (Fsp3) is 0.636. The molecule has 0 heterocycles. The maximum absolute atomic E-state index is 11.4. The lowest BCUT2D eigenvalue weighted by Gasteiger charge is -2.22. The van der Waals surface area contributed by atoms with E-state index in [0.717, 1.165) is 0 Å². The maximum Gasteiger partial charge on any atom is 0.408 e. The zero-order valence-electron chi connectivity index (χ0n) is 10.4. The van der Waals surface area contributed by atoms with Crippen molar-refractivity contribution in [1.82, 2.24) is 5.32 Å². The second-order valence-corrected chi connectivity index (χ2v) is 4.67. The van der Waals surface area contributed by atoms with E-state index in [-0.39, 0.29) is 12.4 Å². The number of hydrogen-bond acceptors (Lipinski definition) is 5.